The number of carbonyl (C=O) groups excluding carboxylic acids is 1. The van der Waals surface area contributed by atoms with E-state index >= 15 is 0 Å². The number of thiophene rings is 1. The van der Waals surface area contributed by atoms with Gasteiger partial charge in [0, 0.05) is 10.1 Å². The Morgan fingerprint density at radius 3 is 2.50 bits per heavy atom. The third-order valence-electron chi connectivity index (χ3n) is 4.02. The summed E-state index contributed by atoms with van der Waals surface area (Å²) in [5.74, 6) is 0.712. The number of hydrogen-bond acceptors (Lipinski definition) is 4. The van der Waals surface area contributed by atoms with Crippen molar-refractivity contribution in [1.29, 1.82) is 0 Å². The van der Waals surface area contributed by atoms with Crippen LogP contribution in [-0.2, 0) is 5.41 Å². The molecule has 1 aromatic heterocycles. The van der Waals surface area contributed by atoms with Crippen molar-refractivity contribution >= 4 is 54.9 Å². The first-order valence-corrected chi connectivity index (χ1v) is 9.97. The number of fused-ring (bicyclic) bond motifs is 1. The highest BCUT2D eigenvalue weighted by Crippen LogP contribution is 2.38. The molecule has 0 radical (unpaired) electrons. The highest BCUT2D eigenvalue weighted by atomic mass is 79.9. The topological polar surface area (TPSA) is 35.5 Å². The molecule has 136 valence electrons. The first-order valence-electron chi connectivity index (χ1n) is 7.99. The van der Waals surface area contributed by atoms with Gasteiger partial charge in [0.05, 0.1) is 16.6 Å². The van der Waals surface area contributed by atoms with E-state index in [1.54, 1.807) is 13.2 Å². The molecule has 0 bridgehead atoms. The second-order valence-electron chi connectivity index (χ2n) is 6.89. The lowest BCUT2D eigenvalue weighted by molar-refractivity contribution is 0.0739. The molecule has 3 aromatic rings. The van der Waals surface area contributed by atoms with Gasteiger partial charge in [-0.3, -0.25) is 0 Å². The number of rotatable bonds is 3. The van der Waals surface area contributed by atoms with Crippen molar-refractivity contribution in [3.63, 3.8) is 0 Å². The average molecular weight is 454 g/mol. The maximum atomic E-state index is 12.6. The number of carbonyl (C=O) groups is 1. The van der Waals surface area contributed by atoms with E-state index in [4.69, 9.17) is 21.1 Å². The summed E-state index contributed by atoms with van der Waals surface area (Å²) in [5, 5.41) is 1.21. The zero-order valence-electron chi connectivity index (χ0n) is 14.9. The third kappa shape index (κ3) is 3.75. The zero-order valence-corrected chi connectivity index (χ0v) is 18.0. The Balaban J connectivity index is 1.91. The molecule has 0 atom stereocenters. The summed E-state index contributed by atoms with van der Waals surface area (Å²) in [6, 6.07) is 11.3. The number of ether oxygens (including phenoxy) is 2. The summed E-state index contributed by atoms with van der Waals surface area (Å²) >= 11 is 11.2. The smallest absolute Gasteiger partial charge is 0.355 e. The molecule has 0 saturated carbocycles. The van der Waals surface area contributed by atoms with Gasteiger partial charge in [-0.1, -0.05) is 38.4 Å². The Morgan fingerprint density at radius 1 is 1.15 bits per heavy atom. The second-order valence-corrected chi connectivity index (χ2v) is 9.18. The first kappa shape index (κ1) is 19.2. The molecule has 0 amide bonds. The summed E-state index contributed by atoms with van der Waals surface area (Å²) in [4.78, 5) is 13.0. The number of hydrogen-bond donors (Lipinski definition) is 0. The van der Waals surface area contributed by atoms with Gasteiger partial charge in [-0.25, -0.2) is 4.79 Å². The van der Waals surface area contributed by atoms with Gasteiger partial charge in [0.1, 0.15) is 16.4 Å². The normalized spacial score (nSPS) is 11.6. The predicted molar refractivity (Wildman–Crippen MR) is 111 cm³/mol. The van der Waals surface area contributed by atoms with E-state index in [1.165, 1.54) is 11.3 Å². The first-order chi connectivity index (χ1) is 12.2. The molecule has 3 nitrogen and oxygen atoms in total. The maximum absolute atomic E-state index is 12.6. The highest BCUT2D eigenvalue weighted by molar-refractivity contribution is 9.10. The molecule has 6 heteroatoms. The van der Waals surface area contributed by atoms with Crippen LogP contribution in [-0.4, -0.2) is 13.1 Å². The van der Waals surface area contributed by atoms with Crippen LogP contribution in [0.3, 0.4) is 0 Å². The quantitative estimate of drug-likeness (QED) is 0.321. The summed E-state index contributed by atoms with van der Waals surface area (Å²) in [5.41, 5.74) is 1.16. The van der Waals surface area contributed by atoms with E-state index in [-0.39, 0.29) is 5.41 Å². The van der Waals surface area contributed by atoms with Gasteiger partial charge in [0.15, 0.2) is 0 Å². The zero-order chi connectivity index (χ0) is 19.1. The molecule has 0 saturated heterocycles. The fourth-order valence-electron chi connectivity index (χ4n) is 2.50. The van der Waals surface area contributed by atoms with E-state index in [2.05, 4.69) is 36.7 Å². The lowest BCUT2D eigenvalue weighted by atomic mass is 9.87. The van der Waals surface area contributed by atoms with E-state index in [9.17, 15) is 4.79 Å². The SMILES string of the molecule is COc1ccc2c(Cl)c(C(=O)Oc3ccc(C(C)(C)C)cc3Br)sc2c1. The number of halogens is 2. The molecule has 0 unspecified atom stereocenters. The van der Waals surface area contributed by atoms with E-state index in [1.807, 2.05) is 30.3 Å². The molecule has 0 aliphatic carbocycles. The van der Waals surface area contributed by atoms with Crippen molar-refractivity contribution in [3.8, 4) is 11.5 Å². The van der Waals surface area contributed by atoms with Crippen molar-refractivity contribution in [1.82, 2.24) is 0 Å². The molecule has 0 fully saturated rings. The average Bonchev–Trinajstić information content (AvgIpc) is 2.92. The van der Waals surface area contributed by atoms with Crippen LogP contribution in [0.2, 0.25) is 5.02 Å². The minimum Gasteiger partial charge on any atom is -0.497 e. The van der Waals surface area contributed by atoms with Crippen molar-refractivity contribution in [2.45, 2.75) is 26.2 Å². The van der Waals surface area contributed by atoms with Crippen LogP contribution in [0.4, 0.5) is 0 Å². The van der Waals surface area contributed by atoms with Gasteiger partial charge < -0.3 is 9.47 Å². The van der Waals surface area contributed by atoms with Crippen LogP contribution in [0.5, 0.6) is 11.5 Å². The number of benzene rings is 2. The molecule has 1 heterocycles. The van der Waals surface area contributed by atoms with Crippen molar-refractivity contribution in [2.24, 2.45) is 0 Å². The molecule has 0 aliphatic heterocycles. The monoisotopic (exact) mass is 452 g/mol. The van der Waals surface area contributed by atoms with Gasteiger partial charge in [0.2, 0.25) is 0 Å². The molecule has 0 aliphatic rings. The fourth-order valence-corrected chi connectivity index (χ4v) is 4.37. The molecule has 3 rings (SSSR count). The van der Waals surface area contributed by atoms with E-state index in [0.717, 1.165) is 25.9 Å². The molecule has 0 spiro atoms. The Bertz CT molecular complexity index is 989. The van der Waals surface area contributed by atoms with Crippen LogP contribution in [0.1, 0.15) is 36.0 Å². The van der Waals surface area contributed by atoms with Gasteiger partial charge >= 0.3 is 5.97 Å². The minimum absolute atomic E-state index is 0.0128. The second kappa shape index (κ2) is 7.22. The van der Waals surface area contributed by atoms with Gasteiger partial charge in [-0.15, -0.1) is 11.3 Å². The molecule has 26 heavy (non-hydrogen) atoms. The molecular weight excluding hydrogens is 436 g/mol. The lowest BCUT2D eigenvalue weighted by Gasteiger charge is -2.19. The van der Waals surface area contributed by atoms with Crippen molar-refractivity contribution in [3.05, 3.63) is 56.3 Å². The van der Waals surface area contributed by atoms with Crippen molar-refractivity contribution < 1.29 is 14.3 Å². The maximum Gasteiger partial charge on any atom is 0.355 e. The Morgan fingerprint density at radius 2 is 1.88 bits per heavy atom. The van der Waals surface area contributed by atoms with E-state index < -0.39 is 5.97 Å². The highest BCUT2D eigenvalue weighted by Gasteiger charge is 2.21. The van der Waals surface area contributed by atoms with Crippen LogP contribution < -0.4 is 9.47 Å². The van der Waals surface area contributed by atoms with Gasteiger partial charge in [-0.2, -0.15) is 0 Å². The van der Waals surface area contributed by atoms with Gasteiger partial charge in [-0.05, 0) is 57.2 Å². The summed E-state index contributed by atoms with van der Waals surface area (Å²) < 4.78 is 12.4. The van der Waals surface area contributed by atoms with Crippen molar-refractivity contribution in [2.75, 3.05) is 7.11 Å². The number of esters is 1. The molecular formula is C20H18BrClO3S. The van der Waals surface area contributed by atoms with Crippen LogP contribution >= 0.6 is 38.9 Å². The Hall–Kier alpha value is -1.56. The fraction of sp³-hybridized carbons (Fsp3) is 0.250. The summed E-state index contributed by atoms with van der Waals surface area (Å²) in [7, 11) is 1.60. The lowest BCUT2D eigenvalue weighted by Crippen LogP contribution is -2.12. The standard InChI is InChI=1S/C20H18BrClO3S/c1-20(2,3)11-5-8-15(14(21)9-11)25-19(23)18-17(22)13-7-6-12(24-4)10-16(13)26-18/h5-10H,1-4H3. The predicted octanol–water partition coefficient (Wildman–Crippen LogP) is 6.84. The largest absolute Gasteiger partial charge is 0.497 e. The van der Waals surface area contributed by atoms with E-state index in [0.29, 0.717) is 15.6 Å². The number of methoxy groups -OCH3 is 1. The van der Waals surface area contributed by atoms with Crippen LogP contribution in [0, 0.1) is 0 Å². The molecule has 2 aromatic carbocycles. The Kier molecular flexibility index (Phi) is 5.33. The van der Waals surface area contributed by atoms with Gasteiger partial charge in [0.25, 0.3) is 0 Å². The third-order valence-corrected chi connectivity index (χ3v) is 6.28. The minimum atomic E-state index is -0.473. The summed E-state index contributed by atoms with van der Waals surface area (Å²) in [6.45, 7) is 6.39. The van der Waals surface area contributed by atoms with Crippen LogP contribution in [0.25, 0.3) is 10.1 Å². The summed E-state index contributed by atoms with van der Waals surface area (Å²) in [6.07, 6.45) is 0. The van der Waals surface area contributed by atoms with Crippen LogP contribution in [0.15, 0.2) is 40.9 Å². The Labute approximate surface area is 170 Å². The molecule has 0 N–H and O–H groups in total.